The van der Waals surface area contributed by atoms with E-state index >= 15 is 0 Å². The number of carbonyl (C=O) groups excluding carboxylic acids is 1. The quantitative estimate of drug-likeness (QED) is 0.734. The van der Waals surface area contributed by atoms with Crippen LogP contribution < -0.4 is 0 Å². The van der Waals surface area contributed by atoms with Crippen molar-refractivity contribution in [3.05, 3.63) is 60.7 Å². The molecular formula is C17H18N6O. The van der Waals surface area contributed by atoms with Gasteiger partial charge in [-0.3, -0.25) is 9.48 Å². The Kier molecular flexibility index (Phi) is 3.82. The maximum absolute atomic E-state index is 12.8. The summed E-state index contributed by atoms with van der Waals surface area (Å²) in [6.07, 6.45) is 7.21. The van der Waals surface area contributed by atoms with Gasteiger partial charge in [-0.1, -0.05) is 18.2 Å². The van der Waals surface area contributed by atoms with E-state index in [1.54, 1.807) is 12.4 Å². The lowest BCUT2D eigenvalue weighted by molar-refractivity contribution is 0.0715. The monoisotopic (exact) mass is 322 g/mol. The maximum atomic E-state index is 12.8. The summed E-state index contributed by atoms with van der Waals surface area (Å²) >= 11 is 0. The minimum atomic E-state index is -0.0631. The van der Waals surface area contributed by atoms with E-state index in [2.05, 4.69) is 15.3 Å². The number of carbonyl (C=O) groups is 1. The molecule has 1 atom stereocenters. The number of nitrogens with zero attached hydrogens (tertiary/aromatic N) is 6. The van der Waals surface area contributed by atoms with E-state index in [0.717, 1.165) is 25.1 Å². The average molecular weight is 322 g/mol. The molecule has 1 aliphatic heterocycles. The first kappa shape index (κ1) is 14.6. The Balaban J connectivity index is 1.52. The summed E-state index contributed by atoms with van der Waals surface area (Å²) in [6, 6.07) is 11.6. The highest BCUT2D eigenvalue weighted by molar-refractivity contribution is 5.92. The molecule has 0 spiro atoms. The Morgan fingerprint density at radius 2 is 2.04 bits per heavy atom. The molecule has 0 unspecified atom stereocenters. The van der Waals surface area contributed by atoms with Gasteiger partial charge in [0.25, 0.3) is 5.91 Å². The number of benzene rings is 1. The Labute approximate surface area is 139 Å². The van der Waals surface area contributed by atoms with Gasteiger partial charge in [0.05, 0.1) is 24.5 Å². The third-order valence-corrected chi connectivity index (χ3v) is 4.29. The summed E-state index contributed by atoms with van der Waals surface area (Å²) in [6.45, 7) is 1.47. The van der Waals surface area contributed by atoms with Gasteiger partial charge in [-0.2, -0.15) is 15.0 Å². The van der Waals surface area contributed by atoms with E-state index in [4.69, 9.17) is 0 Å². The normalized spacial score (nSPS) is 17.3. The Morgan fingerprint density at radius 1 is 1.17 bits per heavy atom. The van der Waals surface area contributed by atoms with Crippen LogP contribution in [0.25, 0.3) is 5.69 Å². The van der Waals surface area contributed by atoms with Crippen LogP contribution in [-0.2, 0) is 6.54 Å². The average Bonchev–Trinajstić information content (AvgIpc) is 3.37. The predicted molar refractivity (Wildman–Crippen MR) is 87.6 cm³/mol. The molecule has 0 saturated carbocycles. The van der Waals surface area contributed by atoms with Gasteiger partial charge >= 0.3 is 0 Å². The van der Waals surface area contributed by atoms with Crippen molar-refractivity contribution in [2.75, 3.05) is 6.54 Å². The van der Waals surface area contributed by atoms with Crippen LogP contribution in [0.4, 0.5) is 0 Å². The van der Waals surface area contributed by atoms with Crippen molar-refractivity contribution in [1.82, 2.24) is 29.7 Å². The minimum Gasteiger partial charge on any atom is -0.332 e. The lowest BCUT2D eigenvalue weighted by Gasteiger charge is -2.23. The van der Waals surface area contributed by atoms with Gasteiger partial charge in [0, 0.05) is 18.9 Å². The molecule has 0 aliphatic carbocycles. The maximum Gasteiger partial charge on any atom is 0.276 e. The third-order valence-electron chi connectivity index (χ3n) is 4.29. The first-order chi connectivity index (χ1) is 11.8. The van der Waals surface area contributed by atoms with Crippen molar-refractivity contribution < 1.29 is 4.79 Å². The molecule has 122 valence electrons. The van der Waals surface area contributed by atoms with E-state index in [-0.39, 0.29) is 11.9 Å². The predicted octanol–water partition coefficient (Wildman–Crippen LogP) is 1.77. The summed E-state index contributed by atoms with van der Waals surface area (Å²) in [5, 5.41) is 12.8. The number of hydrogen-bond donors (Lipinski definition) is 0. The Bertz CT molecular complexity index is 811. The first-order valence-corrected chi connectivity index (χ1v) is 8.07. The van der Waals surface area contributed by atoms with E-state index in [1.165, 1.54) is 4.80 Å². The van der Waals surface area contributed by atoms with Gasteiger partial charge < -0.3 is 4.90 Å². The number of amides is 1. The second kappa shape index (κ2) is 6.27. The molecule has 7 heteroatoms. The van der Waals surface area contributed by atoms with Crippen LogP contribution in [0, 0.1) is 0 Å². The molecule has 1 fully saturated rings. The van der Waals surface area contributed by atoms with Gasteiger partial charge in [-0.15, -0.1) is 5.10 Å². The molecular weight excluding hydrogens is 304 g/mol. The van der Waals surface area contributed by atoms with Crippen LogP contribution in [0.5, 0.6) is 0 Å². The molecule has 0 N–H and O–H groups in total. The fourth-order valence-corrected chi connectivity index (χ4v) is 3.11. The lowest BCUT2D eigenvalue weighted by Crippen LogP contribution is -2.38. The van der Waals surface area contributed by atoms with Crippen molar-refractivity contribution >= 4 is 5.91 Å². The van der Waals surface area contributed by atoms with Crippen molar-refractivity contribution in [3.8, 4) is 5.69 Å². The smallest absolute Gasteiger partial charge is 0.276 e. The van der Waals surface area contributed by atoms with Gasteiger partial charge in [0.2, 0.25) is 0 Å². The Hall–Kier alpha value is -2.96. The summed E-state index contributed by atoms with van der Waals surface area (Å²) in [4.78, 5) is 16.2. The molecule has 0 radical (unpaired) electrons. The molecule has 7 nitrogen and oxygen atoms in total. The van der Waals surface area contributed by atoms with Gasteiger partial charge in [0.15, 0.2) is 5.69 Å². The van der Waals surface area contributed by atoms with Crippen molar-refractivity contribution in [2.45, 2.75) is 25.4 Å². The summed E-state index contributed by atoms with van der Waals surface area (Å²) in [7, 11) is 0. The third kappa shape index (κ3) is 2.80. The van der Waals surface area contributed by atoms with Crippen molar-refractivity contribution in [2.24, 2.45) is 0 Å². The number of aromatic nitrogens is 5. The van der Waals surface area contributed by atoms with Crippen LogP contribution in [0.15, 0.2) is 55.0 Å². The topological polar surface area (TPSA) is 68.8 Å². The molecule has 0 bridgehead atoms. The standard InChI is InChI=1S/C17H18N6O/c24-17(16-12-19-23(20-16)14-6-2-1-3-7-14)22-11-4-8-15(22)13-21-10-5-9-18-21/h1-3,5-7,9-10,12,15H,4,8,11,13H2/t15-/m1/s1. The van der Waals surface area contributed by atoms with E-state index in [0.29, 0.717) is 12.2 Å². The summed E-state index contributed by atoms with van der Waals surface area (Å²) < 4.78 is 1.87. The van der Waals surface area contributed by atoms with E-state index in [9.17, 15) is 4.79 Å². The van der Waals surface area contributed by atoms with Crippen molar-refractivity contribution in [3.63, 3.8) is 0 Å². The Morgan fingerprint density at radius 3 is 2.83 bits per heavy atom. The number of likely N-dealkylation sites (tertiary alicyclic amines) is 1. The molecule has 1 aromatic carbocycles. The number of rotatable bonds is 4. The fraction of sp³-hybridized carbons (Fsp3) is 0.294. The van der Waals surface area contributed by atoms with Gasteiger partial charge in [0.1, 0.15) is 0 Å². The number of para-hydroxylation sites is 1. The van der Waals surface area contributed by atoms with E-state index < -0.39 is 0 Å². The van der Waals surface area contributed by atoms with Crippen molar-refractivity contribution in [1.29, 1.82) is 0 Å². The van der Waals surface area contributed by atoms with Crippen LogP contribution in [0.2, 0.25) is 0 Å². The zero-order valence-corrected chi connectivity index (χ0v) is 13.2. The van der Waals surface area contributed by atoms with Crippen LogP contribution >= 0.6 is 0 Å². The largest absolute Gasteiger partial charge is 0.332 e. The zero-order valence-electron chi connectivity index (χ0n) is 13.2. The molecule has 24 heavy (non-hydrogen) atoms. The molecule has 1 amide bonds. The summed E-state index contributed by atoms with van der Waals surface area (Å²) in [5.74, 6) is -0.0631. The number of hydrogen-bond acceptors (Lipinski definition) is 4. The highest BCUT2D eigenvalue weighted by Crippen LogP contribution is 2.21. The summed E-state index contributed by atoms with van der Waals surface area (Å²) in [5.41, 5.74) is 1.22. The molecule has 3 aromatic rings. The minimum absolute atomic E-state index is 0.0631. The molecule has 1 saturated heterocycles. The fourth-order valence-electron chi connectivity index (χ4n) is 3.11. The first-order valence-electron chi connectivity index (χ1n) is 8.07. The highest BCUT2D eigenvalue weighted by Gasteiger charge is 2.31. The van der Waals surface area contributed by atoms with Gasteiger partial charge in [-0.05, 0) is 31.0 Å². The van der Waals surface area contributed by atoms with Crippen LogP contribution in [-0.4, -0.2) is 48.2 Å². The van der Waals surface area contributed by atoms with Crippen LogP contribution in [0.3, 0.4) is 0 Å². The molecule has 1 aliphatic rings. The SMILES string of the molecule is O=C(c1cnn(-c2ccccc2)n1)N1CCC[C@@H]1Cn1cccn1. The molecule has 2 aromatic heterocycles. The van der Waals surface area contributed by atoms with E-state index in [1.807, 2.05) is 52.2 Å². The second-order valence-corrected chi connectivity index (χ2v) is 5.88. The zero-order chi connectivity index (χ0) is 16.4. The second-order valence-electron chi connectivity index (χ2n) is 5.88. The highest BCUT2D eigenvalue weighted by atomic mass is 16.2. The molecule has 4 rings (SSSR count). The van der Waals surface area contributed by atoms with Crippen LogP contribution in [0.1, 0.15) is 23.3 Å². The van der Waals surface area contributed by atoms with Gasteiger partial charge in [-0.25, -0.2) is 0 Å². The lowest BCUT2D eigenvalue weighted by atomic mass is 10.2. The molecule has 3 heterocycles.